The van der Waals surface area contributed by atoms with Crippen molar-refractivity contribution in [3.63, 3.8) is 0 Å². The maximum atomic E-state index is 12.3. The molecule has 3 heteroatoms. The molecule has 0 N–H and O–H groups in total. The third kappa shape index (κ3) is 2.30. The zero-order valence-electron chi connectivity index (χ0n) is 11.3. The van der Waals surface area contributed by atoms with Crippen molar-refractivity contribution >= 4 is 17.9 Å². The summed E-state index contributed by atoms with van der Waals surface area (Å²) in [6, 6.07) is 12.4. The van der Waals surface area contributed by atoms with E-state index in [-0.39, 0.29) is 11.6 Å². The minimum Gasteiger partial charge on any atom is -0.304 e. The van der Waals surface area contributed by atoms with Crippen molar-refractivity contribution in [2.45, 2.75) is 13.8 Å². The van der Waals surface area contributed by atoms with Gasteiger partial charge in [-0.15, -0.1) is 0 Å². The van der Waals surface area contributed by atoms with Crippen molar-refractivity contribution in [1.29, 1.82) is 0 Å². The summed E-state index contributed by atoms with van der Waals surface area (Å²) in [6.45, 7) is 3.36. The van der Waals surface area contributed by atoms with E-state index < -0.39 is 0 Å². The van der Waals surface area contributed by atoms with Crippen LogP contribution < -0.4 is 0 Å². The van der Waals surface area contributed by atoms with Crippen molar-refractivity contribution < 1.29 is 14.4 Å². The highest BCUT2D eigenvalue weighted by atomic mass is 16.1. The standard InChI is InChI=1S/C15H10O2.C2H4O/c1-9-6-7-12-13(8-9)15(17)11-5-3-2-4-10(11)14(12)16;1-2-3/h2-8H,1H3;2H,1H3. The van der Waals surface area contributed by atoms with E-state index >= 15 is 0 Å². The fourth-order valence-electron chi connectivity index (χ4n) is 2.21. The molecule has 0 bridgehead atoms. The molecule has 0 aromatic heterocycles. The summed E-state index contributed by atoms with van der Waals surface area (Å²) in [5.41, 5.74) is 3.04. The Balaban J connectivity index is 0.000000452. The largest absolute Gasteiger partial charge is 0.304 e. The Morgan fingerprint density at radius 3 is 1.80 bits per heavy atom. The number of carbonyl (C=O) groups is 3. The molecule has 2 aromatic carbocycles. The Labute approximate surface area is 117 Å². The molecule has 0 heterocycles. The molecule has 100 valence electrons. The van der Waals surface area contributed by atoms with E-state index in [1.54, 1.807) is 36.4 Å². The fraction of sp³-hybridized carbons (Fsp3) is 0.118. The highest BCUT2D eigenvalue weighted by molar-refractivity contribution is 6.28. The highest BCUT2D eigenvalue weighted by Gasteiger charge is 2.28. The van der Waals surface area contributed by atoms with Crippen molar-refractivity contribution in [3.05, 3.63) is 70.3 Å². The van der Waals surface area contributed by atoms with Gasteiger partial charge in [0.05, 0.1) is 0 Å². The van der Waals surface area contributed by atoms with Gasteiger partial charge >= 0.3 is 0 Å². The zero-order valence-corrected chi connectivity index (χ0v) is 11.3. The van der Waals surface area contributed by atoms with Gasteiger partial charge < -0.3 is 4.79 Å². The van der Waals surface area contributed by atoms with Gasteiger partial charge in [0, 0.05) is 22.3 Å². The van der Waals surface area contributed by atoms with Gasteiger partial charge in [-0.1, -0.05) is 42.0 Å². The van der Waals surface area contributed by atoms with Crippen LogP contribution in [0.25, 0.3) is 0 Å². The molecule has 0 spiro atoms. The average Bonchev–Trinajstić information content (AvgIpc) is 2.45. The van der Waals surface area contributed by atoms with Crippen LogP contribution in [0.15, 0.2) is 42.5 Å². The Bertz CT molecular complexity index is 699. The third-order valence-corrected chi connectivity index (χ3v) is 3.08. The molecule has 2 aromatic rings. The van der Waals surface area contributed by atoms with E-state index in [9.17, 15) is 9.59 Å². The number of aldehydes is 1. The van der Waals surface area contributed by atoms with Crippen LogP contribution in [0.2, 0.25) is 0 Å². The molecule has 20 heavy (non-hydrogen) atoms. The first-order valence-electron chi connectivity index (χ1n) is 6.29. The second kappa shape index (κ2) is 5.61. The molecular formula is C17H14O3. The second-order valence-corrected chi connectivity index (χ2v) is 4.49. The Morgan fingerprint density at radius 2 is 1.25 bits per heavy atom. The Kier molecular flexibility index (Phi) is 3.89. The van der Waals surface area contributed by atoms with Crippen LogP contribution >= 0.6 is 0 Å². The van der Waals surface area contributed by atoms with E-state index in [1.807, 2.05) is 13.0 Å². The maximum absolute atomic E-state index is 12.3. The summed E-state index contributed by atoms with van der Waals surface area (Å²) < 4.78 is 0. The lowest BCUT2D eigenvalue weighted by Crippen LogP contribution is -2.20. The summed E-state index contributed by atoms with van der Waals surface area (Å²) in [6.07, 6.45) is 0.750. The average molecular weight is 266 g/mol. The minimum atomic E-state index is -0.0600. The Hall–Kier alpha value is -2.55. The number of carbonyl (C=O) groups excluding carboxylic acids is 3. The second-order valence-electron chi connectivity index (χ2n) is 4.49. The molecule has 1 aliphatic carbocycles. The van der Waals surface area contributed by atoms with E-state index in [4.69, 9.17) is 4.79 Å². The van der Waals surface area contributed by atoms with Crippen molar-refractivity contribution in [1.82, 2.24) is 0 Å². The first-order chi connectivity index (χ1) is 9.60. The van der Waals surface area contributed by atoms with Gasteiger partial charge in [-0.25, -0.2) is 0 Å². The summed E-state index contributed by atoms with van der Waals surface area (Å²) >= 11 is 0. The maximum Gasteiger partial charge on any atom is 0.194 e. The molecule has 3 nitrogen and oxygen atoms in total. The molecule has 0 unspecified atom stereocenters. The first-order valence-corrected chi connectivity index (χ1v) is 6.29. The first kappa shape index (κ1) is 13.9. The Morgan fingerprint density at radius 1 is 0.800 bits per heavy atom. The van der Waals surface area contributed by atoms with Crippen molar-refractivity contribution in [2.75, 3.05) is 0 Å². The monoisotopic (exact) mass is 266 g/mol. The van der Waals surface area contributed by atoms with Crippen molar-refractivity contribution in [3.8, 4) is 0 Å². The van der Waals surface area contributed by atoms with Crippen LogP contribution in [-0.2, 0) is 4.79 Å². The molecular weight excluding hydrogens is 252 g/mol. The van der Waals surface area contributed by atoms with E-state index in [1.165, 1.54) is 6.92 Å². The molecule has 0 saturated heterocycles. The quantitative estimate of drug-likeness (QED) is 0.588. The number of fused-ring (bicyclic) bond motifs is 2. The van der Waals surface area contributed by atoms with Gasteiger partial charge in [-0.2, -0.15) is 0 Å². The molecule has 0 amide bonds. The van der Waals surface area contributed by atoms with Gasteiger partial charge in [0.1, 0.15) is 6.29 Å². The van der Waals surface area contributed by atoms with Gasteiger partial charge in [-0.3, -0.25) is 9.59 Å². The lowest BCUT2D eigenvalue weighted by atomic mass is 9.83. The molecule has 0 radical (unpaired) electrons. The van der Waals surface area contributed by atoms with Gasteiger partial charge in [-0.05, 0) is 19.9 Å². The lowest BCUT2D eigenvalue weighted by molar-refractivity contribution is -0.106. The zero-order chi connectivity index (χ0) is 14.7. The number of aryl methyl sites for hydroxylation is 1. The van der Waals surface area contributed by atoms with Crippen LogP contribution in [0.5, 0.6) is 0 Å². The predicted octanol–water partition coefficient (Wildman–Crippen LogP) is 2.98. The molecule has 0 atom stereocenters. The van der Waals surface area contributed by atoms with Crippen molar-refractivity contribution in [2.24, 2.45) is 0 Å². The number of rotatable bonds is 0. The summed E-state index contributed by atoms with van der Waals surface area (Å²) in [5.74, 6) is -0.117. The highest BCUT2D eigenvalue weighted by Crippen LogP contribution is 2.27. The number of ketones is 2. The topological polar surface area (TPSA) is 51.2 Å². The minimum absolute atomic E-state index is 0.0566. The van der Waals surface area contributed by atoms with E-state index in [0.717, 1.165) is 11.8 Å². The van der Waals surface area contributed by atoms with Crippen LogP contribution in [0, 0.1) is 6.92 Å². The lowest BCUT2D eigenvalue weighted by Gasteiger charge is -2.17. The van der Waals surface area contributed by atoms with Crippen LogP contribution in [0.4, 0.5) is 0 Å². The summed E-state index contributed by atoms with van der Waals surface area (Å²) in [5, 5.41) is 0. The molecule has 0 fully saturated rings. The van der Waals surface area contributed by atoms with E-state index in [0.29, 0.717) is 22.3 Å². The summed E-state index contributed by atoms with van der Waals surface area (Å²) in [7, 11) is 0. The third-order valence-electron chi connectivity index (χ3n) is 3.08. The number of hydrogen-bond acceptors (Lipinski definition) is 3. The van der Waals surface area contributed by atoms with Crippen LogP contribution in [-0.4, -0.2) is 17.9 Å². The number of hydrogen-bond donors (Lipinski definition) is 0. The van der Waals surface area contributed by atoms with Gasteiger partial charge in [0.25, 0.3) is 0 Å². The van der Waals surface area contributed by atoms with E-state index in [2.05, 4.69) is 0 Å². The SMILES string of the molecule is CC=O.Cc1ccc2c(c1)C(=O)c1ccccc1C2=O. The molecule has 1 aliphatic rings. The smallest absolute Gasteiger partial charge is 0.194 e. The van der Waals surface area contributed by atoms with Gasteiger partial charge in [0.2, 0.25) is 0 Å². The van der Waals surface area contributed by atoms with Gasteiger partial charge in [0.15, 0.2) is 11.6 Å². The summed E-state index contributed by atoms with van der Waals surface area (Å²) in [4.78, 5) is 33.3. The van der Waals surface area contributed by atoms with Crippen LogP contribution in [0.3, 0.4) is 0 Å². The molecule has 0 saturated carbocycles. The molecule has 3 rings (SSSR count). The normalized spacial score (nSPS) is 11.9. The predicted molar refractivity (Wildman–Crippen MR) is 76.2 cm³/mol. The number of benzene rings is 2. The van der Waals surface area contributed by atoms with Crippen LogP contribution in [0.1, 0.15) is 44.3 Å². The molecule has 0 aliphatic heterocycles. The fourth-order valence-corrected chi connectivity index (χ4v) is 2.21.